The highest BCUT2D eigenvalue weighted by Gasteiger charge is 2.18. The average Bonchev–Trinajstić information content (AvgIpc) is 2.64. The van der Waals surface area contributed by atoms with Gasteiger partial charge >= 0.3 is 17.2 Å². The predicted molar refractivity (Wildman–Crippen MR) is 104 cm³/mol. The van der Waals surface area contributed by atoms with Gasteiger partial charge in [0, 0.05) is 23.1 Å². The lowest BCUT2D eigenvalue weighted by Crippen LogP contribution is -2.13. The Morgan fingerprint density at radius 3 is 2.50 bits per heavy atom. The molecule has 0 atom stereocenters. The lowest BCUT2D eigenvalue weighted by Gasteiger charge is -2.11. The van der Waals surface area contributed by atoms with E-state index in [4.69, 9.17) is 13.6 Å². The van der Waals surface area contributed by atoms with Crippen molar-refractivity contribution in [1.82, 2.24) is 0 Å². The van der Waals surface area contributed by atoms with Crippen LogP contribution in [0.2, 0.25) is 0 Å². The Hall–Kier alpha value is -3.67. The van der Waals surface area contributed by atoms with Crippen molar-refractivity contribution < 1.29 is 18.4 Å². The molecule has 4 aromatic rings. The molecule has 6 nitrogen and oxygen atoms in total. The van der Waals surface area contributed by atoms with Gasteiger partial charge in [-0.1, -0.05) is 30.3 Å². The quantitative estimate of drug-likeness (QED) is 0.306. The highest BCUT2D eigenvalue weighted by Crippen LogP contribution is 2.28. The summed E-state index contributed by atoms with van der Waals surface area (Å²) in [7, 11) is 0. The third-order valence-electron chi connectivity index (χ3n) is 4.61. The summed E-state index contributed by atoms with van der Waals surface area (Å²) < 4.78 is 15.7. The number of ether oxygens (including phenoxy) is 1. The van der Waals surface area contributed by atoms with Gasteiger partial charge in [-0.15, -0.1) is 0 Å². The number of fused-ring (bicyclic) bond motifs is 3. The lowest BCUT2D eigenvalue weighted by molar-refractivity contribution is 0.0468. The van der Waals surface area contributed by atoms with Crippen LogP contribution in [-0.4, -0.2) is 5.97 Å². The van der Waals surface area contributed by atoms with Crippen molar-refractivity contribution in [2.75, 3.05) is 0 Å². The predicted octanol–water partition coefficient (Wildman–Crippen LogP) is 3.87. The maximum atomic E-state index is 12.6. The van der Waals surface area contributed by atoms with Crippen molar-refractivity contribution in [3.8, 4) is 0 Å². The Balaban J connectivity index is 1.76. The number of rotatable bonds is 3. The molecule has 0 aliphatic rings. The van der Waals surface area contributed by atoms with E-state index in [1.54, 1.807) is 13.0 Å². The molecule has 0 aliphatic carbocycles. The molecule has 0 spiro atoms. The van der Waals surface area contributed by atoms with Gasteiger partial charge in [0.25, 0.3) is 0 Å². The molecule has 6 heteroatoms. The van der Waals surface area contributed by atoms with Crippen LogP contribution < -0.4 is 11.3 Å². The largest absolute Gasteiger partial charge is 0.457 e. The summed E-state index contributed by atoms with van der Waals surface area (Å²) in [5, 5.41) is 2.60. The molecule has 140 valence electrons. The molecule has 0 aliphatic heterocycles. The molecule has 0 unspecified atom stereocenters. The minimum absolute atomic E-state index is 0.118. The van der Waals surface area contributed by atoms with E-state index in [9.17, 15) is 14.4 Å². The topological polar surface area (TPSA) is 86.7 Å². The summed E-state index contributed by atoms with van der Waals surface area (Å²) in [6, 6.07) is 13.8. The minimum Gasteiger partial charge on any atom is -0.457 e. The lowest BCUT2D eigenvalue weighted by atomic mass is 10.0. The number of esters is 1. The first-order valence-electron chi connectivity index (χ1n) is 8.67. The van der Waals surface area contributed by atoms with Gasteiger partial charge in [-0.2, -0.15) is 0 Å². The second-order valence-electron chi connectivity index (χ2n) is 6.51. The number of hydrogen-bond acceptors (Lipinski definition) is 6. The van der Waals surface area contributed by atoms with Crippen LogP contribution in [0.1, 0.15) is 27.2 Å². The summed E-state index contributed by atoms with van der Waals surface area (Å²) in [5.74, 6) is -0.432. The van der Waals surface area contributed by atoms with Gasteiger partial charge in [0.2, 0.25) is 0 Å². The summed E-state index contributed by atoms with van der Waals surface area (Å²) in [5.41, 5.74) is 0.606. The fourth-order valence-electron chi connectivity index (χ4n) is 3.41. The molecule has 0 bridgehead atoms. The maximum absolute atomic E-state index is 12.6. The van der Waals surface area contributed by atoms with E-state index in [-0.39, 0.29) is 17.9 Å². The van der Waals surface area contributed by atoms with Crippen molar-refractivity contribution in [2.24, 2.45) is 0 Å². The zero-order valence-electron chi connectivity index (χ0n) is 15.3. The zero-order valence-corrected chi connectivity index (χ0v) is 15.3. The van der Waals surface area contributed by atoms with E-state index in [2.05, 4.69) is 0 Å². The van der Waals surface area contributed by atoms with E-state index in [0.29, 0.717) is 16.7 Å². The molecule has 2 aromatic heterocycles. The first-order valence-corrected chi connectivity index (χ1v) is 8.67. The van der Waals surface area contributed by atoms with E-state index in [1.165, 1.54) is 19.1 Å². The van der Waals surface area contributed by atoms with Crippen LogP contribution in [0.25, 0.3) is 21.7 Å². The molecule has 0 N–H and O–H groups in total. The standard InChI is InChI=1S/C22H16O6/c1-12-9-18(23)27-13(2)20(12)22(25)26-11-15-10-19(24)28-17-8-7-14-5-3-4-6-16(14)21(15)17/h3-10H,11H2,1-2H3. The van der Waals surface area contributed by atoms with Crippen molar-refractivity contribution in [2.45, 2.75) is 20.5 Å². The fraction of sp³-hybridized carbons (Fsp3) is 0.136. The van der Waals surface area contributed by atoms with Crippen LogP contribution in [0.4, 0.5) is 0 Å². The first-order chi connectivity index (χ1) is 13.4. The smallest absolute Gasteiger partial charge is 0.342 e. The molecule has 0 amide bonds. The van der Waals surface area contributed by atoms with Crippen LogP contribution in [-0.2, 0) is 11.3 Å². The summed E-state index contributed by atoms with van der Waals surface area (Å²) in [6.07, 6.45) is 0. The Morgan fingerprint density at radius 1 is 0.964 bits per heavy atom. The summed E-state index contributed by atoms with van der Waals surface area (Å²) in [6.45, 7) is 3.05. The zero-order chi connectivity index (χ0) is 19.8. The van der Waals surface area contributed by atoms with Gasteiger partial charge in [0.05, 0.1) is 0 Å². The maximum Gasteiger partial charge on any atom is 0.342 e. The van der Waals surface area contributed by atoms with E-state index in [1.807, 2.05) is 30.3 Å². The van der Waals surface area contributed by atoms with Crippen molar-refractivity contribution in [3.05, 3.63) is 91.8 Å². The van der Waals surface area contributed by atoms with E-state index < -0.39 is 17.2 Å². The Bertz CT molecular complexity index is 1320. The van der Waals surface area contributed by atoms with Gasteiger partial charge in [-0.25, -0.2) is 14.4 Å². The minimum atomic E-state index is -0.625. The normalized spacial score (nSPS) is 11.1. The van der Waals surface area contributed by atoms with Crippen molar-refractivity contribution >= 4 is 27.7 Å². The molecule has 0 radical (unpaired) electrons. The molecular formula is C22H16O6. The van der Waals surface area contributed by atoms with Gasteiger partial charge in [-0.05, 0) is 36.2 Å². The Morgan fingerprint density at radius 2 is 1.71 bits per heavy atom. The molecule has 4 rings (SSSR count). The highest BCUT2D eigenvalue weighted by molar-refractivity contribution is 6.07. The average molecular weight is 376 g/mol. The molecule has 28 heavy (non-hydrogen) atoms. The molecule has 2 aromatic carbocycles. The molecule has 2 heterocycles. The number of carbonyl (C=O) groups is 1. The second-order valence-corrected chi connectivity index (χ2v) is 6.51. The van der Waals surface area contributed by atoms with Crippen LogP contribution in [0.5, 0.6) is 0 Å². The number of aryl methyl sites for hydroxylation is 2. The fourth-order valence-corrected chi connectivity index (χ4v) is 3.41. The van der Waals surface area contributed by atoms with E-state index in [0.717, 1.165) is 16.2 Å². The molecular weight excluding hydrogens is 360 g/mol. The van der Waals surface area contributed by atoms with Crippen LogP contribution >= 0.6 is 0 Å². The molecule has 0 saturated heterocycles. The van der Waals surface area contributed by atoms with Crippen molar-refractivity contribution in [3.63, 3.8) is 0 Å². The molecule has 0 fully saturated rings. The third kappa shape index (κ3) is 3.09. The first kappa shape index (κ1) is 17.7. The van der Waals surface area contributed by atoms with Gasteiger partial charge < -0.3 is 13.6 Å². The van der Waals surface area contributed by atoms with Crippen LogP contribution in [0.3, 0.4) is 0 Å². The Kier molecular flexibility index (Phi) is 4.31. The highest BCUT2D eigenvalue weighted by atomic mass is 16.5. The molecule has 0 saturated carbocycles. The second kappa shape index (κ2) is 6.81. The van der Waals surface area contributed by atoms with Gasteiger partial charge in [0.1, 0.15) is 23.5 Å². The number of benzene rings is 2. The van der Waals surface area contributed by atoms with Crippen molar-refractivity contribution in [1.29, 1.82) is 0 Å². The Labute approximate surface area is 159 Å². The summed E-state index contributed by atoms with van der Waals surface area (Å²) >= 11 is 0. The number of carbonyl (C=O) groups excluding carboxylic acids is 1. The SMILES string of the molecule is Cc1cc(=O)oc(C)c1C(=O)OCc1cc(=O)oc2ccc3ccccc3c12. The van der Waals surface area contributed by atoms with Crippen LogP contribution in [0.15, 0.2) is 67.0 Å². The monoisotopic (exact) mass is 376 g/mol. The van der Waals surface area contributed by atoms with Gasteiger partial charge in [-0.3, -0.25) is 0 Å². The number of hydrogen-bond donors (Lipinski definition) is 0. The third-order valence-corrected chi connectivity index (χ3v) is 4.61. The summed E-state index contributed by atoms with van der Waals surface area (Å²) in [4.78, 5) is 35.9. The van der Waals surface area contributed by atoms with Gasteiger partial charge in [0.15, 0.2) is 0 Å². The van der Waals surface area contributed by atoms with Crippen LogP contribution in [0, 0.1) is 13.8 Å². The van der Waals surface area contributed by atoms with E-state index >= 15 is 0 Å².